The maximum absolute atomic E-state index is 13.3. The quantitative estimate of drug-likeness (QED) is 0.528. The van der Waals surface area contributed by atoms with Crippen molar-refractivity contribution in [2.24, 2.45) is 0 Å². The molecule has 0 atom stereocenters. The standard InChI is InChI=1S/C22H19N3O4/c26-22-18-8-4-5-9-20(18)29-21-14-17(25(27)28)10-11-19(21)23-12-13-24(22)15-16-6-2-1-3-7-16/h1-11,14,23H,12-13,15H2. The summed E-state index contributed by atoms with van der Waals surface area (Å²) in [4.78, 5) is 25.7. The summed E-state index contributed by atoms with van der Waals surface area (Å²) in [5.41, 5.74) is 2.02. The topological polar surface area (TPSA) is 84.7 Å². The number of nitro groups is 1. The van der Waals surface area contributed by atoms with Crippen molar-refractivity contribution in [2.45, 2.75) is 6.54 Å². The van der Waals surface area contributed by atoms with Crippen LogP contribution >= 0.6 is 0 Å². The minimum absolute atomic E-state index is 0.0721. The van der Waals surface area contributed by atoms with E-state index < -0.39 is 4.92 Å². The van der Waals surface area contributed by atoms with Gasteiger partial charge in [0.05, 0.1) is 22.2 Å². The molecule has 1 aliphatic heterocycles. The smallest absolute Gasteiger partial charge is 0.273 e. The molecule has 4 rings (SSSR count). The number of carbonyl (C=O) groups is 1. The van der Waals surface area contributed by atoms with E-state index in [0.717, 1.165) is 5.56 Å². The third-order valence-electron chi connectivity index (χ3n) is 4.71. The fourth-order valence-corrected chi connectivity index (χ4v) is 3.26. The van der Waals surface area contributed by atoms with E-state index in [1.165, 1.54) is 12.1 Å². The van der Waals surface area contributed by atoms with Crippen molar-refractivity contribution in [1.29, 1.82) is 0 Å². The summed E-state index contributed by atoms with van der Waals surface area (Å²) in [6.45, 7) is 1.43. The van der Waals surface area contributed by atoms with Crippen molar-refractivity contribution in [3.63, 3.8) is 0 Å². The lowest BCUT2D eigenvalue weighted by molar-refractivity contribution is -0.384. The zero-order chi connectivity index (χ0) is 20.2. The van der Waals surface area contributed by atoms with E-state index in [4.69, 9.17) is 4.74 Å². The first kappa shape index (κ1) is 18.5. The number of carbonyl (C=O) groups excluding carboxylic acids is 1. The van der Waals surface area contributed by atoms with Crippen LogP contribution in [0.5, 0.6) is 11.5 Å². The average Bonchev–Trinajstić information content (AvgIpc) is 2.74. The minimum atomic E-state index is -0.471. The number of ether oxygens (including phenoxy) is 1. The molecule has 0 aromatic heterocycles. The Hall–Kier alpha value is -3.87. The van der Waals surface area contributed by atoms with E-state index in [0.29, 0.717) is 42.4 Å². The van der Waals surface area contributed by atoms with Gasteiger partial charge in [-0.15, -0.1) is 0 Å². The Morgan fingerprint density at radius 3 is 2.55 bits per heavy atom. The second-order valence-electron chi connectivity index (χ2n) is 6.67. The van der Waals surface area contributed by atoms with Crippen LogP contribution in [0.3, 0.4) is 0 Å². The van der Waals surface area contributed by atoms with Crippen LogP contribution < -0.4 is 10.1 Å². The lowest BCUT2D eigenvalue weighted by Gasteiger charge is -2.26. The van der Waals surface area contributed by atoms with Crippen LogP contribution in [0.2, 0.25) is 0 Å². The molecule has 0 saturated carbocycles. The van der Waals surface area contributed by atoms with Gasteiger partial charge in [-0.1, -0.05) is 42.5 Å². The first-order chi connectivity index (χ1) is 14.1. The van der Waals surface area contributed by atoms with Crippen LogP contribution in [0, 0.1) is 10.1 Å². The summed E-state index contributed by atoms with van der Waals surface area (Å²) in [5.74, 6) is 0.525. The number of hydrogen-bond acceptors (Lipinski definition) is 5. The Kier molecular flexibility index (Phi) is 5.11. The van der Waals surface area contributed by atoms with Crippen molar-refractivity contribution in [1.82, 2.24) is 4.90 Å². The van der Waals surface area contributed by atoms with Crippen LogP contribution in [0.15, 0.2) is 72.8 Å². The molecular weight excluding hydrogens is 370 g/mol. The Labute approximate surface area is 167 Å². The van der Waals surface area contributed by atoms with Crippen LogP contribution in [0.1, 0.15) is 15.9 Å². The molecule has 3 aromatic rings. The van der Waals surface area contributed by atoms with Gasteiger partial charge >= 0.3 is 0 Å². The highest BCUT2D eigenvalue weighted by Crippen LogP contribution is 2.35. The number of para-hydroxylation sites is 1. The monoisotopic (exact) mass is 389 g/mol. The molecule has 1 aliphatic rings. The van der Waals surface area contributed by atoms with Gasteiger partial charge in [0.25, 0.3) is 11.6 Å². The predicted molar refractivity (Wildman–Crippen MR) is 109 cm³/mol. The molecular formula is C22H19N3O4. The third kappa shape index (κ3) is 4.03. The molecule has 0 fully saturated rings. The van der Waals surface area contributed by atoms with Crippen molar-refractivity contribution in [3.05, 3.63) is 94.0 Å². The molecule has 0 aliphatic carbocycles. The summed E-state index contributed by atoms with van der Waals surface area (Å²) >= 11 is 0. The summed E-state index contributed by atoms with van der Waals surface area (Å²) < 4.78 is 5.96. The summed E-state index contributed by atoms with van der Waals surface area (Å²) in [6, 6.07) is 21.2. The lowest BCUT2D eigenvalue weighted by Crippen LogP contribution is -2.35. The minimum Gasteiger partial charge on any atom is -0.454 e. The molecule has 29 heavy (non-hydrogen) atoms. The van der Waals surface area contributed by atoms with Gasteiger partial charge in [0, 0.05) is 25.7 Å². The number of amides is 1. The van der Waals surface area contributed by atoms with Crippen molar-refractivity contribution >= 4 is 17.3 Å². The third-order valence-corrected chi connectivity index (χ3v) is 4.71. The van der Waals surface area contributed by atoms with Gasteiger partial charge in [0.1, 0.15) is 5.75 Å². The maximum Gasteiger partial charge on any atom is 0.273 e. The molecule has 1 N–H and O–H groups in total. The molecule has 1 heterocycles. The highest BCUT2D eigenvalue weighted by Gasteiger charge is 2.23. The summed E-state index contributed by atoms with van der Waals surface area (Å²) in [7, 11) is 0. The van der Waals surface area contributed by atoms with E-state index >= 15 is 0 Å². The van der Waals surface area contributed by atoms with Gasteiger partial charge < -0.3 is 15.0 Å². The highest BCUT2D eigenvalue weighted by atomic mass is 16.6. The van der Waals surface area contributed by atoms with E-state index in [1.807, 2.05) is 30.3 Å². The Morgan fingerprint density at radius 2 is 1.76 bits per heavy atom. The zero-order valence-electron chi connectivity index (χ0n) is 15.6. The van der Waals surface area contributed by atoms with Gasteiger partial charge in [-0.2, -0.15) is 0 Å². The Balaban J connectivity index is 1.72. The highest BCUT2D eigenvalue weighted by molar-refractivity contribution is 5.97. The zero-order valence-corrected chi connectivity index (χ0v) is 15.6. The van der Waals surface area contributed by atoms with E-state index in [9.17, 15) is 14.9 Å². The first-order valence-electron chi connectivity index (χ1n) is 9.24. The van der Waals surface area contributed by atoms with Gasteiger partial charge in [0.2, 0.25) is 0 Å². The van der Waals surface area contributed by atoms with Crippen LogP contribution in [-0.4, -0.2) is 28.8 Å². The number of nitro benzene ring substituents is 1. The molecule has 7 heteroatoms. The fraction of sp³-hybridized carbons (Fsp3) is 0.136. The fourth-order valence-electron chi connectivity index (χ4n) is 3.26. The number of fused-ring (bicyclic) bond motifs is 2. The molecule has 1 amide bonds. The summed E-state index contributed by atoms with van der Waals surface area (Å²) in [6.07, 6.45) is 0. The Morgan fingerprint density at radius 1 is 1.00 bits per heavy atom. The number of nitrogens with zero attached hydrogens (tertiary/aromatic N) is 2. The molecule has 0 unspecified atom stereocenters. The number of hydrogen-bond donors (Lipinski definition) is 1. The van der Waals surface area contributed by atoms with Crippen LogP contribution in [0.4, 0.5) is 11.4 Å². The molecule has 0 bridgehead atoms. The number of rotatable bonds is 3. The van der Waals surface area contributed by atoms with Gasteiger partial charge in [-0.05, 0) is 23.8 Å². The van der Waals surface area contributed by atoms with E-state index in [-0.39, 0.29) is 11.6 Å². The van der Waals surface area contributed by atoms with Crippen molar-refractivity contribution in [3.8, 4) is 11.5 Å². The van der Waals surface area contributed by atoms with Crippen LogP contribution in [-0.2, 0) is 6.54 Å². The van der Waals surface area contributed by atoms with Gasteiger partial charge in [-0.3, -0.25) is 14.9 Å². The predicted octanol–water partition coefficient (Wildman–Crippen LogP) is 4.46. The number of non-ortho nitro benzene ring substituents is 1. The largest absolute Gasteiger partial charge is 0.454 e. The maximum atomic E-state index is 13.3. The van der Waals surface area contributed by atoms with Gasteiger partial charge in [-0.25, -0.2) is 0 Å². The van der Waals surface area contributed by atoms with Crippen molar-refractivity contribution < 1.29 is 14.5 Å². The number of nitrogens with one attached hydrogen (secondary N) is 1. The molecule has 7 nitrogen and oxygen atoms in total. The first-order valence-corrected chi connectivity index (χ1v) is 9.24. The van der Waals surface area contributed by atoms with E-state index in [1.54, 1.807) is 35.2 Å². The van der Waals surface area contributed by atoms with Crippen LogP contribution in [0.25, 0.3) is 0 Å². The second-order valence-corrected chi connectivity index (χ2v) is 6.67. The summed E-state index contributed by atoms with van der Waals surface area (Å²) in [5, 5.41) is 14.4. The Bertz CT molecular complexity index is 1050. The normalized spacial score (nSPS) is 13.5. The molecule has 3 aromatic carbocycles. The SMILES string of the molecule is O=C1c2ccccc2Oc2cc([N+](=O)[O-])ccc2NCCN1Cc1ccccc1. The molecule has 0 radical (unpaired) electrons. The van der Waals surface area contributed by atoms with E-state index in [2.05, 4.69) is 5.32 Å². The molecule has 146 valence electrons. The number of benzene rings is 3. The average molecular weight is 389 g/mol. The lowest BCUT2D eigenvalue weighted by atomic mass is 10.1. The van der Waals surface area contributed by atoms with Gasteiger partial charge in [0.15, 0.2) is 5.75 Å². The molecule has 0 spiro atoms. The number of anilines is 1. The molecule has 0 saturated heterocycles. The van der Waals surface area contributed by atoms with Crippen molar-refractivity contribution in [2.75, 3.05) is 18.4 Å². The second kappa shape index (κ2) is 8.02.